The number of carbonyl (C=O) groups is 1. The van der Waals surface area contributed by atoms with Gasteiger partial charge in [0.25, 0.3) is 0 Å². The summed E-state index contributed by atoms with van der Waals surface area (Å²) in [6.45, 7) is 5.07. The zero-order valence-corrected chi connectivity index (χ0v) is 8.27. The summed E-state index contributed by atoms with van der Waals surface area (Å²) in [6.07, 6.45) is 2.45. The average molecular weight is 193 g/mol. The van der Waals surface area contributed by atoms with E-state index in [2.05, 4.69) is 11.8 Å². The van der Waals surface area contributed by atoms with Crippen LogP contribution in [0.4, 0.5) is 0 Å². The van der Waals surface area contributed by atoms with Gasteiger partial charge in [-0.1, -0.05) is 13.3 Å². The quantitative estimate of drug-likeness (QED) is 0.710. The molecule has 0 unspecified atom stereocenters. The molecule has 12 heavy (non-hydrogen) atoms. The molecule has 1 rings (SSSR count). The number of primary amides is 1. The molecule has 1 fully saturated rings. The zero-order valence-electron chi connectivity index (χ0n) is 7.45. The average Bonchev–Trinajstić information content (AvgIpc) is 1.84. The van der Waals surface area contributed by atoms with Crippen LogP contribution in [0.2, 0.25) is 0 Å². The molecule has 1 saturated heterocycles. The Morgan fingerprint density at radius 3 is 2.58 bits per heavy atom. The summed E-state index contributed by atoms with van der Waals surface area (Å²) < 4.78 is 0. The minimum atomic E-state index is -0.141. The number of halogens is 1. The number of hydrogen-bond acceptors (Lipinski definition) is 2. The first-order valence-corrected chi connectivity index (χ1v) is 4.25. The van der Waals surface area contributed by atoms with E-state index in [4.69, 9.17) is 5.73 Å². The number of amides is 1. The molecule has 0 aromatic carbocycles. The second-order valence-corrected chi connectivity index (χ2v) is 3.21. The fourth-order valence-corrected chi connectivity index (χ4v) is 1.31. The number of nitrogens with zero attached hydrogens (tertiary/aromatic N) is 1. The molecule has 0 saturated carbocycles. The predicted octanol–water partition coefficient (Wildman–Crippen LogP) is 0.625. The minimum absolute atomic E-state index is 0. The first-order valence-electron chi connectivity index (χ1n) is 4.25. The van der Waals surface area contributed by atoms with Crippen molar-refractivity contribution in [3.05, 3.63) is 0 Å². The molecule has 0 aromatic rings. The van der Waals surface area contributed by atoms with Gasteiger partial charge in [0.2, 0.25) is 5.91 Å². The SMILES string of the molecule is CCCCN1CC(C(N)=O)C1.Cl. The second-order valence-electron chi connectivity index (χ2n) is 3.21. The van der Waals surface area contributed by atoms with Crippen LogP contribution in [0.5, 0.6) is 0 Å². The first-order chi connectivity index (χ1) is 5.24. The summed E-state index contributed by atoms with van der Waals surface area (Å²) in [6, 6.07) is 0. The van der Waals surface area contributed by atoms with Crippen molar-refractivity contribution in [3.63, 3.8) is 0 Å². The molecule has 2 N–H and O–H groups in total. The highest BCUT2D eigenvalue weighted by Gasteiger charge is 2.29. The summed E-state index contributed by atoms with van der Waals surface area (Å²) >= 11 is 0. The van der Waals surface area contributed by atoms with Gasteiger partial charge in [0.15, 0.2) is 0 Å². The molecule has 1 aliphatic heterocycles. The number of hydrogen-bond donors (Lipinski definition) is 1. The molecule has 1 aliphatic rings. The lowest BCUT2D eigenvalue weighted by Crippen LogP contribution is -2.52. The monoisotopic (exact) mass is 192 g/mol. The minimum Gasteiger partial charge on any atom is -0.369 e. The van der Waals surface area contributed by atoms with Crippen molar-refractivity contribution in [2.24, 2.45) is 11.7 Å². The van der Waals surface area contributed by atoms with E-state index in [0.717, 1.165) is 19.6 Å². The Balaban J connectivity index is 0.00000121. The Morgan fingerprint density at radius 2 is 2.17 bits per heavy atom. The lowest BCUT2D eigenvalue weighted by Gasteiger charge is -2.37. The van der Waals surface area contributed by atoms with E-state index >= 15 is 0 Å². The maximum atomic E-state index is 10.6. The van der Waals surface area contributed by atoms with Crippen LogP contribution in [0.15, 0.2) is 0 Å². The van der Waals surface area contributed by atoms with E-state index < -0.39 is 0 Å². The Hall–Kier alpha value is -0.280. The number of unbranched alkanes of at least 4 members (excludes halogenated alkanes) is 1. The lowest BCUT2D eigenvalue weighted by molar-refractivity contribution is -0.126. The zero-order chi connectivity index (χ0) is 8.27. The van der Waals surface area contributed by atoms with Gasteiger partial charge in [0, 0.05) is 13.1 Å². The Labute approximate surface area is 79.7 Å². The molecule has 3 nitrogen and oxygen atoms in total. The largest absolute Gasteiger partial charge is 0.369 e. The van der Waals surface area contributed by atoms with E-state index in [-0.39, 0.29) is 24.2 Å². The molecular formula is C8H17ClN2O. The number of carbonyl (C=O) groups excluding carboxylic acids is 1. The normalized spacial score (nSPS) is 18.1. The Kier molecular flexibility index (Phi) is 5.25. The van der Waals surface area contributed by atoms with Gasteiger partial charge in [0.1, 0.15) is 0 Å². The van der Waals surface area contributed by atoms with Crippen LogP contribution in [0.1, 0.15) is 19.8 Å². The summed E-state index contributed by atoms with van der Waals surface area (Å²) in [4.78, 5) is 12.9. The summed E-state index contributed by atoms with van der Waals surface area (Å²) in [5.41, 5.74) is 5.12. The second kappa shape index (κ2) is 5.38. The van der Waals surface area contributed by atoms with Crippen molar-refractivity contribution < 1.29 is 4.79 Å². The smallest absolute Gasteiger partial charge is 0.223 e. The van der Waals surface area contributed by atoms with E-state index in [0.29, 0.717) is 0 Å². The number of likely N-dealkylation sites (tertiary alicyclic amines) is 1. The summed E-state index contributed by atoms with van der Waals surface area (Å²) in [5, 5.41) is 0. The predicted molar refractivity (Wildman–Crippen MR) is 51.3 cm³/mol. The molecule has 0 aliphatic carbocycles. The molecule has 0 radical (unpaired) electrons. The van der Waals surface area contributed by atoms with Crippen molar-refractivity contribution in [1.82, 2.24) is 4.90 Å². The van der Waals surface area contributed by atoms with Crippen LogP contribution in [0.25, 0.3) is 0 Å². The van der Waals surface area contributed by atoms with Crippen molar-refractivity contribution in [2.75, 3.05) is 19.6 Å². The Morgan fingerprint density at radius 1 is 1.58 bits per heavy atom. The highest BCUT2D eigenvalue weighted by atomic mass is 35.5. The van der Waals surface area contributed by atoms with Gasteiger partial charge in [0.05, 0.1) is 5.92 Å². The van der Waals surface area contributed by atoms with Crippen LogP contribution < -0.4 is 5.73 Å². The fraction of sp³-hybridized carbons (Fsp3) is 0.875. The maximum Gasteiger partial charge on any atom is 0.223 e. The molecule has 0 atom stereocenters. The van der Waals surface area contributed by atoms with Gasteiger partial charge in [-0.05, 0) is 13.0 Å². The number of rotatable bonds is 4. The van der Waals surface area contributed by atoms with Crippen molar-refractivity contribution in [3.8, 4) is 0 Å². The third kappa shape index (κ3) is 2.99. The van der Waals surface area contributed by atoms with E-state index in [1.807, 2.05) is 0 Å². The maximum absolute atomic E-state index is 10.6. The third-order valence-corrected chi connectivity index (χ3v) is 2.19. The van der Waals surface area contributed by atoms with E-state index in [1.165, 1.54) is 12.8 Å². The molecule has 0 bridgehead atoms. The lowest BCUT2D eigenvalue weighted by atomic mass is 9.99. The number of nitrogens with two attached hydrogens (primary N) is 1. The molecule has 72 valence electrons. The highest BCUT2D eigenvalue weighted by Crippen LogP contribution is 2.14. The third-order valence-electron chi connectivity index (χ3n) is 2.19. The highest BCUT2D eigenvalue weighted by molar-refractivity contribution is 5.85. The van der Waals surface area contributed by atoms with Gasteiger partial charge in [-0.2, -0.15) is 0 Å². The van der Waals surface area contributed by atoms with Gasteiger partial charge < -0.3 is 10.6 Å². The molecule has 0 aromatic heterocycles. The van der Waals surface area contributed by atoms with Crippen molar-refractivity contribution in [1.29, 1.82) is 0 Å². The van der Waals surface area contributed by atoms with Gasteiger partial charge in [-0.15, -0.1) is 12.4 Å². The van der Waals surface area contributed by atoms with Crippen molar-refractivity contribution >= 4 is 18.3 Å². The molecule has 1 heterocycles. The van der Waals surface area contributed by atoms with Gasteiger partial charge in [-0.3, -0.25) is 4.79 Å². The van der Waals surface area contributed by atoms with E-state index in [9.17, 15) is 4.79 Å². The van der Waals surface area contributed by atoms with Crippen molar-refractivity contribution in [2.45, 2.75) is 19.8 Å². The molecule has 0 spiro atoms. The van der Waals surface area contributed by atoms with Gasteiger partial charge >= 0.3 is 0 Å². The van der Waals surface area contributed by atoms with Gasteiger partial charge in [-0.25, -0.2) is 0 Å². The van der Waals surface area contributed by atoms with Crippen LogP contribution in [0.3, 0.4) is 0 Å². The van der Waals surface area contributed by atoms with Crippen LogP contribution in [-0.2, 0) is 4.79 Å². The first kappa shape index (κ1) is 11.7. The summed E-state index contributed by atoms with van der Waals surface area (Å²) in [7, 11) is 0. The van der Waals surface area contributed by atoms with Crippen LogP contribution in [-0.4, -0.2) is 30.4 Å². The Bertz CT molecular complexity index is 146. The molecular weight excluding hydrogens is 176 g/mol. The molecule has 1 amide bonds. The summed E-state index contributed by atoms with van der Waals surface area (Å²) in [5.74, 6) is -0.00963. The fourth-order valence-electron chi connectivity index (χ4n) is 1.31. The standard InChI is InChI=1S/C8H16N2O.ClH/c1-2-3-4-10-5-7(6-10)8(9)11;/h7H,2-6H2,1H3,(H2,9,11);1H. The van der Waals surface area contributed by atoms with Crippen LogP contribution >= 0.6 is 12.4 Å². The van der Waals surface area contributed by atoms with E-state index in [1.54, 1.807) is 0 Å². The van der Waals surface area contributed by atoms with Crippen LogP contribution in [0, 0.1) is 5.92 Å². The molecule has 4 heteroatoms. The topological polar surface area (TPSA) is 46.3 Å².